The van der Waals surface area contributed by atoms with E-state index in [0.717, 1.165) is 4.90 Å². The first-order valence-corrected chi connectivity index (χ1v) is 9.37. The number of carbonyl (C=O) groups excluding carboxylic acids is 3. The normalized spacial score (nSPS) is 15.3. The lowest BCUT2D eigenvalue weighted by Crippen LogP contribution is -2.53. The standard InChI is InChI=1S/C20H15IN2O6/c1-3-6-29-17-15(21)9-12(10-16(17)27-2)8-14-18(24)22-20(26)23(19(14)25)11-13-5-4-7-28-13/h1,4-5,7-10H,6,11H2,2H3,(H,22,24,26)/b14-8+. The molecule has 2 heterocycles. The molecule has 0 unspecified atom stereocenters. The fourth-order valence-electron chi connectivity index (χ4n) is 2.64. The number of methoxy groups -OCH3 is 1. The van der Waals surface area contributed by atoms with Crippen LogP contribution >= 0.6 is 22.6 Å². The van der Waals surface area contributed by atoms with E-state index in [0.29, 0.717) is 26.4 Å². The average molecular weight is 506 g/mol. The van der Waals surface area contributed by atoms with Crippen molar-refractivity contribution in [2.24, 2.45) is 0 Å². The lowest BCUT2D eigenvalue weighted by Gasteiger charge is -2.25. The number of ether oxygens (including phenoxy) is 2. The van der Waals surface area contributed by atoms with Crippen LogP contribution in [-0.4, -0.2) is 36.5 Å². The Bertz CT molecular complexity index is 1040. The summed E-state index contributed by atoms with van der Waals surface area (Å²) >= 11 is 2.04. The number of hydrogen-bond acceptors (Lipinski definition) is 6. The summed E-state index contributed by atoms with van der Waals surface area (Å²) in [4.78, 5) is 38.0. The summed E-state index contributed by atoms with van der Waals surface area (Å²) in [6.07, 6.45) is 8.04. The van der Waals surface area contributed by atoms with E-state index in [1.807, 2.05) is 22.6 Å². The van der Waals surface area contributed by atoms with Crippen molar-refractivity contribution < 1.29 is 28.3 Å². The Hall–Kier alpha value is -3.26. The second-order valence-corrected chi connectivity index (χ2v) is 6.98. The van der Waals surface area contributed by atoms with Crippen LogP contribution in [0.25, 0.3) is 6.08 Å². The molecule has 1 fully saturated rings. The van der Waals surface area contributed by atoms with E-state index in [2.05, 4.69) is 11.2 Å². The van der Waals surface area contributed by atoms with E-state index in [1.54, 1.807) is 24.3 Å². The van der Waals surface area contributed by atoms with E-state index in [9.17, 15) is 14.4 Å². The summed E-state index contributed by atoms with van der Waals surface area (Å²) < 4.78 is 16.7. The van der Waals surface area contributed by atoms with Crippen molar-refractivity contribution in [3.05, 3.63) is 51.0 Å². The topological polar surface area (TPSA) is 98.1 Å². The Morgan fingerprint density at radius 1 is 1.34 bits per heavy atom. The number of furan rings is 1. The van der Waals surface area contributed by atoms with Crippen LogP contribution < -0.4 is 14.8 Å². The van der Waals surface area contributed by atoms with Gasteiger partial charge in [-0.15, -0.1) is 6.42 Å². The van der Waals surface area contributed by atoms with E-state index in [4.69, 9.17) is 20.3 Å². The van der Waals surface area contributed by atoms with Crippen molar-refractivity contribution in [1.82, 2.24) is 10.2 Å². The Balaban J connectivity index is 1.94. The van der Waals surface area contributed by atoms with Crippen molar-refractivity contribution in [2.45, 2.75) is 6.54 Å². The van der Waals surface area contributed by atoms with Crippen LogP contribution in [0.2, 0.25) is 0 Å². The number of urea groups is 1. The molecule has 9 heteroatoms. The molecule has 29 heavy (non-hydrogen) atoms. The molecular formula is C20H15IN2O6. The molecule has 0 aliphatic carbocycles. The Morgan fingerprint density at radius 2 is 2.14 bits per heavy atom. The highest BCUT2D eigenvalue weighted by atomic mass is 127. The molecule has 3 rings (SSSR count). The van der Waals surface area contributed by atoms with E-state index >= 15 is 0 Å². The zero-order chi connectivity index (χ0) is 21.0. The second kappa shape index (κ2) is 8.83. The van der Waals surface area contributed by atoms with Gasteiger partial charge in [0.2, 0.25) is 0 Å². The first-order valence-electron chi connectivity index (χ1n) is 8.29. The van der Waals surface area contributed by atoms with E-state index in [1.165, 1.54) is 19.4 Å². The van der Waals surface area contributed by atoms with Gasteiger partial charge in [0.05, 0.1) is 23.5 Å². The highest BCUT2D eigenvalue weighted by molar-refractivity contribution is 14.1. The van der Waals surface area contributed by atoms with Gasteiger partial charge in [-0.1, -0.05) is 5.92 Å². The molecule has 0 radical (unpaired) electrons. The molecular weight excluding hydrogens is 491 g/mol. The minimum atomic E-state index is -0.807. The monoisotopic (exact) mass is 506 g/mol. The molecule has 0 bridgehead atoms. The van der Waals surface area contributed by atoms with Gasteiger partial charge in [-0.2, -0.15) is 0 Å². The number of halogens is 1. The first-order chi connectivity index (χ1) is 13.9. The van der Waals surface area contributed by atoms with Gasteiger partial charge >= 0.3 is 6.03 Å². The van der Waals surface area contributed by atoms with Crippen LogP contribution in [-0.2, 0) is 16.1 Å². The number of nitrogens with zero attached hydrogens (tertiary/aromatic N) is 1. The molecule has 0 atom stereocenters. The molecule has 1 saturated heterocycles. The largest absolute Gasteiger partial charge is 0.493 e. The molecule has 1 N–H and O–H groups in total. The van der Waals surface area contributed by atoms with Gasteiger partial charge in [-0.25, -0.2) is 4.79 Å². The van der Waals surface area contributed by atoms with Gasteiger partial charge in [-0.3, -0.25) is 19.8 Å². The van der Waals surface area contributed by atoms with Gasteiger partial charge in [0.15, 0.2) is 11.5 Å². The van der Waals surface area contributed by atoms with Crippen LogP contribution in [0.3, 0.4) is 0 Å². The van der Waals surface area contributed by atoms with Gasteiger partial charge < -0.3 is 13.9 Å². The molecule has 1 aliphatic heterocycles. The minimum absolute atomic E-state index is 0.0670. The summed E-state index contributed by atoms with van der Waals surface area (Å²) in [7, 11) is 1.47. The number of hydrogen-bond donors (Lipinski definition) is 1. The number of imide groups is 2. The van der Waals surface area contributed by atoms with Crippen molar-refractivity contribution >= 4 is 46.5 Å². The van der Waals surface area contributed by atoms with Crippen molar-refractivity contribution in [1.29, 1.82) is 0 Å². The Kier molecular flexibility index (Phi) is 6.23. The van der Waals surface area contributed by atoms with Crippen LogP contribution in [0.1, 0.15) is 11.3 Å². The summed E-state index contributed by atoms with van der Waals surface area (Å²) in [6.45, 7) is -0.0282. The minimum Gasteiger partial charge on any atom is -0.493 e. The van der Waals surface area contributed by atoms with E-state index in [-0.39, 0.29) is 18.7 Å². The number of nitrogens with one attached hydrogen (secondary N) is 1. The maximum absolute atomic E-state index is 12.8. The quantitative estimate of drug-likeness (QED) is 0.280. The molecule has 148 valence electrons. The van der Waals surface area contributed by atoms with Gasteiger partial charge in [-0.05, 0) is 58.5 Å². The zero-order valence-electron chi connectivity index (χ0n) is 15.2. The number of carbonyl (C=O) groups is 3. The highest BCUT2D eigenvalue weighted by Gasteiger charge is 2.36. The van der Waals surface area contributed by atoms with E-state index < -0.39 is 17.8 Å². The maximum atomic E-state index is 12.8. The molecule has 0 spiro atoms. The molecule has 1 aliphatic rings. The molecule has 2 aromatic rings. The number of barbiturate groups is 1. The number of terminal acetylenes is 1. The predicted molar refractivity (Wildman–Crippen MR) is 111 cm³/mol. The lowest BCUT2D eigenvalue weighted by atomic mass is 10.1. The maximum Gasteiger partial charge on any atom is 0.331 e. The number of benzene rings is 1. The van der Waals surface area contributed by atoms with Crippen LogP contribution in [0.4, 0.5) is 4.79 Å². The van der Waals surface area contributed by atoms with Crippen molar-refractivity contribution in [3.8, 4) is 23.8 Å². The Morgan fingerprint density at radius 3 is 2.79 bits per heavy atom. The van der Waals surface area contributed by atoms with Gasteiger partial charge in [0.25, 0.3) is 11.8 Å². The Labute approximate surface area is 180 Å². The SMILES string of the molecule is C#CCOc1c(I)cc(/C=C2\C(=O)NC(=O)N(Cc3ccco3)C2=O)cc1OC. The zero-order valence-corrected chi connectivity index (χ0v) is 17.4. The van der Waals surface area contributed by atoms with Crippen molar-refractivity contribution in [3.63, 3.8) is 0 Å². The molecule has 1 aromatic carbocycles. The molecule has 8 nitrogen and oxygen atoms in total. The smallest absolute Gasteiger partial charge is 0.331 e. The summed E-state index contributed by atoms with van der Waals surface area (Å²) in [5.74, 6) is 2.14. The third-order valence-corrected chi connectivity index (χ3v) is 4.74. The second-order valence-electron chi connectivity index (χ2n) is 5.81. The summed E-state index contributed by atoms with van der Waals surface area (Å²) in [6, 6.07) is 5.77. The number of rotatable bonds is 6. The third kappa shape index (κ3) is 4.43. The fourth-order valence-corrected chi connectivity index (χ4v) is 3.42. The van der Waals surface area contributed by atoms with Crippen LogP contribution in [0.15, 0.2) is 40.5 Å². The van der Waals surface area contributed by atoms with Gasteiger partial charge in [0, 0.05) is 0 Å². The molecule has 4 amide bonds. The molecule has 1 aromatic heterocycles. The highest BCUT2D eigenvalue weighted by Crippen LogP contribution is 2.34. The number of amides is 4. The fraction of sp³-hybridized carbons (Fsp3) is 0.150. The first kappa shape index (κ1) is 20.5. The summed E-state index contributed by atoms with van der Waals surface area (Å²) in [5, 5.41) is 2.16. The third-order valence-electron chi connectivity index (χ3n) is 3.94. The van der Waals surface area contributed by atoms with Gasteiger partial charge in [0.1, 0.15) is 17.9 Å². The summed E-state index contributed by atoms with van der Waals surface area (Å²) in [5.41, 5.74) is 0.330. The molecule has 0 saturated carbocycles. The van der Waals surface area contributed by atoms with Crippen LogP contribution in [0.5, 0.6) is 11.5 Å². The van der Waals surface area contributed by atoms with Crippen molar-refractivity contribution in [2.75, 3.05) is 13.7 Å². The van der Waals surface area contributed by atoms with Crippen LogP contribution in [0, 0.1) is 15.9 Å². The average Bonchev–Trinajstić information content (AvgIpc) is 3.20. The lowest BCUT2D eigenvalue weighted by molar-refractivity contribution is -0.130. The predicted octanol–water partition coefficient (Wildman–Crippen LogP) is 2.57.